The molecule has 0 fully saturated rings. The fourth-order valence-corrected chi connectivity index (χ4v) is 1.15. The van der Waals surface area contributed by atoms with Crippen molar-refractivity contribution < 1.29 is 22.7 Å². The molecule has 82 valence electrons. The van der Waals surface area contributed by atoms with Crippen LogP contribution in [0.4, 0.5) is 13.2 Å². The van der Waals surface area contributed by atoms with Crippen LogP contribution in [0.25, 0.3) is 0 Å². The van der Waals surface area contributed by atoms with Crippen molar-refractivity contribution in [2.75, 3.05) is 0 Å². The van der Waals surface area contributed by atoms with Crippen molar-refractivity contribution in [3.8, 4) is 0 Å². The lowest BCUT2D eigenvalue weighted by Gasteiger charge is -2.13. The molecule has 1 unspecified atom stereocenters. The number of nitrogens with one attached hydrogen (secondary N) is 2. The van der Waals surface area contributed by atoms with E-state index in [1.54, 1.807) is 5.43 Å². The van der Waals surface area contributed by atoms with E-state index in [0.717, 1.165) is 6.92 Å². The van der Waals surface area contributed by atoms with Crippen LogP contribution in [0.2, 0.25) is 0 Å². The van der Waals surface area contributed by atoms with E-state index in [1.165, 1.54) is 0 Å². The monoisotopic (exact) mass is 231 g/mol. The summed E-state index contributed by atoms with van der Waals surface area (Å²) in [5, 5.41) is 6.31. The number of rotatable bonds is 2. The van der Waals surface area contributed by atoms with Crippen LogP contribution in [0.15, 0.2) is 0 Å². The van der Waals surface area contributed by atoms with Crippen LogP contribution in [0.3, 0.4) is 0 Å². The van der Waals surface area contributed by atoms with Crippen molar-refractivity contribution in [3.05, 3.63) is 0 Å². The summed E-state index contributed by atoms with van der Waals surface area (Å²) >= 11 is 0.308. The van der Waals surface area contributed by atoms with Gasteiger partial charge in [-0.2, -0.15) is 0 Å². The highest BCUT2D eigenvalue weighted by Crippen LogP contribution is 2.24. The quantitative estimate of drug-likeness (QED) is 0.162. The summed E-state index contributed by atoms with van der Waals surface area (Å²) in [7, 11) is 0. The van der Waals surface area contributed by atoms with Crippen molar-refractivity contribution in [2.45, 2.75) is 18.7 Å². The highest BCUT2D eigenvalue weighted by Gasteiger charge is 2.33. The normalized spacial score (nSPS) is 13.5. The van der Waals surface area contributed by atoms with Gasteiger partial charge in [0.25, 0.3) is 5.91 Å². The number of carbonyl (C=O) groups is 1. The fourth-order valence-electron chi connectivity index (χ4n) is 0.497. The maximum atomic E-state index is 11.6. The summed E-state index contributed by atoms with van der Waals surface area (Å²) in [5.41, 5.74) is 0.237. The number of hydrazine groups is 1. The molecular formula is C5H8F3N3O2S. The summed E-state index contributed by atoms with van der Waals surface area (Å²) in [4.78, 5) is 10.6. The lowest BCUT2D eigenvalue weighted by atomic mass is 10.7. The zero-order valence-electron chi connectivity index (χ0n) is 7.01. The maximum Gasteiger partial charge on any atom is 0.523 e. The first-order valence-electron chi connectivity index (χ1n) is 3.27. The molecule has 0 heterocycles. The average Bonchev–Trinajstić information content (AvgIpc) is 1.99. The topological polar surface area (TPSA) is 88.2 Å². The predicted octanol–water partition coefficient (Wildman–Crippen LogP) is 0.569. The van der Waals surface area contributed by atoms with Crippen LogP contribution in [-0.4, -0.2) is 22.7 Å². The lowest BCUT2D eigenvalue weighted by Crippen LogP contribution is -2.35. The van der Waals surface area contributed by atoms with Gasteiger partial charge in [-0.3, -0.25) is 20.4 Å². The van der Waals surface area contributed by atoms with Gasteiger partial charge in [0.15, 0.2) is 5.04 Å². The molecule has 1 atom stereocenters. The Morgan fingerprint density at radius 1 is 1.64 bits per heavy atom. The Balaban J connectivity index is 4.01. The molecule has 14 heavy (non-hydrogen) atoms. The van der Waals surface area contributed by atoms with Gasteiger partial charge in [-0.25, -0.2) is 5.84 Å². The van der Waals surface area contributed by atoms with E-state index in [2.05, 4.69) is 10.6 Å². The molecule has 0 aliphatic rings. The lowest BCUT2D eigenvalue weighted by molar-refractivity contribution is -0.328. The van der Waals surface area contributed by atoms with Gasteiger partial charge in [0.2, 0.25) is 0 Å². The van der Waals surface area contributed by atoms with E-state index in [1.807, 2.05) is 0 Å². The zero-order valence-corrected chi connectivity index (χ0v) is 7.83. The van der Waals surface area contributed by atoms with Gasteiger partial charge in [0.05, 0.1) is 0 Å². The van der Waals surface area contributed by atoms with Gasteiger partial charge in [0, 0.05) is 0 Å². The number of thioether (sulfide) groups is 1. The van der Waals surface area contributed by atoms with Gasteiger partial charge in [-0.05, 0) is 6.92 Å². The number of ether oxygens (including phenoxy) is 1. The van der Waals surface area contributed by atoms with Crippen LogP contribution in [0, 0.1) is 5.41 Å². The van der Waals surface area contributed by atoms with E-state index in [9.17, 15) is 18.0 Å². The minimum Gasteiger partial charge on any atom is -0.289 e. The second-order valence-electron chi connectivity index (χ2n) is 2.05. The van der Waals surface area contributed by atoms with E-state index >= 15 is 0 Å². The average molecular weight is 231 g/mol. The molecule has 0 saturated heterocycles. The first-order valence-corrected chi connectivity index (χ1v) is 4.15. The van der Waals surface area contributed by atoms with Crippen LogP contribution < -0.4 is 11.3 Å². The van der Waals surface area contributed by atoms with Crippen molar-refractivity contribution in [3.63, 3.8) is 0 Å². The second kappa shape index (κ2) is 5.17. The van der Waals surface area contributed by atoms with Crippen molar-refractivity contribution in [1.82, 2.24) is 5.43 Å². The number of carbonyl (C=O) groups excluding carboxylic acids is 1. The molecule has 0 aliphatic heterocycles. The van der Waals surface area contributed by atoms with Gasteiger partial charge >= 0.3 is 6.36 Å². The van der Waals surface area contributed by atoms with Crippen molar-refractivity contribution in [1.29, 1.82) is 5.41 Å². The minimum atomic E-state index is -4.79. The minimum absolute atomic E-state index is 0.308. The number of amides is 1. The Morgan fingerprint density at radius 3 is 2.50 bits per heavy atom. The summed E-state index contributed by atoms with van der Waals surface area (Å²) in [6, 6.07) is 0. The zero-order chi connectivity index (χ0) is 11.4. The smallest absolute Gasteiger partial charge is 0.289 e. The SMILES string of the molecule is CC(OC(F)(F)F)SC(=N)C(=O)NN. The molecule has 0 saturated carbocycles. The number of hydrogen-bond acceptors (Lipinski definition) is 5. The van der Waals surface area contributed by atoms with E-state index in [-0.39, 0.29) is 0 Å². The number of alkyl halides is 3. The predicted molar refractivity (Wildman–Crippen MR) is 44.2 cm³/mol. The molecule has 0 radical (unpaired) electrons. The Labute approximate surface area is 81.6 Å². The molecule has 0 aromatic rings. The van der Waals surface area contributed by atoms with Crippen LogP contribution in [0.5, 0.6) is 0 Å². The van der Waals surface area contributed by atoms with E-state index in [4.69, 9.17) is 5.41 Å². The van der Waals surface area contributed by atoms with Gasteiger partial charge in [-0.1, -0.05) is 11.8 Å². The first-order chi connectivity index (χ1) is 6.26. The molecule has 0 aromatic heterocycles. The molecule has 5 nitrogen and oxygen atoms in total. The number of halogens is 3. The largest absolute Gasteiger partial charge is 0.523 e. The van der Waals surface area contributed by atoms with Crippen molar-refractivity contribution >= 4 is 22.7 Å². The maximum absolute atomic E-state index is 11.6. The van der Waals surface area contributed by atoms with Gasteiger partial charge in [-0.15, -0.1) is 13.2 Å². The van der Waals surface area contributed by atoms with E-state index in [0.29, 0.717) is 11.8 Å². The molecule has 1 amide bonds. The van der Waals surface area contributed by atoms with Crippen LogP contribution in [-0.2, 0) is 9.53 Å². The Hall–Kier alpha value is -0.800. The molecule has 4 N–H and O–H groups in total. The molecule has 0 spiro atoms. The molecular weight excluding hydrogens is 223 g/mol. The summed E-state index contributed by atoms with van der Waals surface area (Å²) < 4.78 is 38.3. The first kappa shape index (κ1) is 13.2. The molecule has 0 aromatic carbocycles. The van der Waals surface area contributed by atoms with Crippen LogP contribution in [0.1, 0.15) is 6.92 Å². The fraction of sp³-hybridized carbons (Fsp3) is 0.600. The standard InChI is InChI=1S/C5H8F3N3O2S/c1-2(13-5(6,7)8)14-3(9)4(12)11-10/h2,9H,10H2,1H3,(H,11,12). The molecule has 0 bridgehead atoms. The van der Waals surface area contributed by atoms with Gasteiger partial charge < -0.3 is 0 Å². The van der Waals surface area contributed by atoms with Gasteiger partial charge in [0.1, 0.15) is 5.44 Å². The van der Waals surface area contributed by atoms with E-state index < -0.39 is 22.7 Å². The summed E-state index contributed by atoms with van der Waals surface area (Å²) in [6.45, 7) is 1.07. The summed E-state index contributed by atoms with van der Waals surface area (Å²) in [5.74, 6) is 3.69. The Kier molecular flexibility index (Phi) is 4.88. The molecule has 0 aliphatic carbocycles. The number of hydrogen-bond donors (Lipinski definition) is 3. The third kappa shape index (κ3) is 5.78. The Morgan fingerprint density at radius 2 is 2.14 bits per heavy atom. The number of nitrogens with two attached hydrogens (primary N) is 1. The highest BCUT2D eigenvalue weighted by molar-refractivity contribution is 8.15. The second-order valence-corrected chi connectivity index (χ2v) is 3.36. The molecule has 0 rings (SSSR count). The van der Waals surface area contributed by atoms with Crippen LogP contribution >= 0.6 is 11.8 Å². The summed E-state index contributed by atoms with van der Waals surface area (Å²) in [6.07, 6.45) is -4.79. The highest BCUT2D eigenvalue weighted by atomic mass is 32.2. The molecule has 9 heteroatoms. The third-order valence-corrected chi connectivity index (χ3v) is 1.77. The third-order valence-electron chi connectivity index (χ3n) is 0.921. The Bertz CT molecular complexity index is 233. The van der Waals surface area contributed by atoms with Crippen molar-refractivity contribution in [2.24, 2.45) is 5.84 Å².